The van der Waals surface area contributed by atoms with Gasteiger partial charge in [0.15, 0.2) is 11.5 Å². The third-order valence-electron chi connectivity index (χ3n) is 4.22. The Hall–Kier alpha value is -1.59. The van der Waals surface area contributed by atoms with Crippen LogP contribution in [0.4, 0.5) is 0 Å². The smallest absolute Gasteiger partial charge is 0.167 e. The van der Waals surface area contributed by atoms with E-state index in [2.05, 4.69) is 4.90 Å². The van der Waals surface area contributed by atoms with Crippen molar-refractivity contribution in [3.8, 4) is 11.5 Å². The second-order valence-electron chi connectivity index (χ2n) is 5.51. The number of Topliss-reactive ketones (excluding diaryl/α,β-unsaturated/α-hetero) is 1. The predicted molar refractivity (Wildman–Crippen MR) is 77.7 cm³/mol. The summed E-state index contributed by atoms with van der Waals surface area (Å²) in [6.07, 6.45) is 0.520. The van der Waals surface area contributed by atoms with Crippen molar-refractivity contribution in [2.75, 3.05) is 26.3 Å². The zero-order chi connectivity index (χ0) is 14.8. The largest absolute Gasteiger partial charge is 0.490 e. The first-order valence-electron chi connectivity index (χ1n) is 7.53. The lowest BCUT2D eigenvalue weighted by molar-refractivity contribution is -0.123. The van der Waals surface area contributed by atoms with Gasteiger partial charge in [0.2, 0.25) is 0 Å². The molecule has 0 radical (unpaired) electrons. The Morgan fingerprint density at radius 3 is 2.86 bits per heavy atom. The molecule has 21 heavy (non-hydrogen) atoms. The normalized spacial score (nSPS) is 26.1. The second-order valence-corrected chi connectivity index (χ2v) is 5.51. The average molecular weight is 291 g/mol. The average Bonchev–Trinajstić information content (AvgIpc) is 2.50. The molecule has 0 saturated carbocycles. The van der Waals surface area contributed by atoms with Crippen molar-refractivity contribution in [1.82, 2.24) is 4.90 Å². The molecule has 0 spiro atoms. The van der Waals surface area contributed by atoms with E-state index in [0.717, 1.165) is 5.56 Å². The maximum Gasteiger partial charge on any atom is 0.167 e. The summed E-state index contributed by atoms with van der Waals surface area (Å²) in [6, 6.07) is 5.51. The minimum atomic E-state index is -0.609. The van der Waals surface area contributed by atoms with Gasteiger partial charge in [0.05, 0.1) is 12.6 Å². The number of fused-ring (bicyclic) bond motifs is 1. The molecule has 0 amide bonds. The number of carbonyl (C=O) groups excluding carboxylic acids is 1. The van der Waals surface area contributed by atoms with E-state index < -0.39 is 6.10 Å². The molecule has 114 valence electrons. The van der Waals surface area contributed by atoms with Crippen molar-refractivity contribution in [3.05, 3.63) is 23.8 Å². The molecule has 1 saturated heterocycles. The summed E-state index contributed by atoms with van der Waals surface area (Å²) >= 11 is 0. The number of ether oxygens (including phenoxy) is 2. The van der Waals surface area contributed by atoms with Crippen LogP contribution in [0.1, 0.15) is 31.4 Å². The zero-order valence-corrected chi connectivity index (χ0v) is 12.2. The number of benzene rings is 1. The van der Waals surface area contributed by atoms with Gasteiger partial charge in [0.25, 0.3) is 0 Å². The molecule has 1 fully saturated rings. The highest BCUT2D eigenvalue weighted by atomic mass is 16.5. The highest BCUT2D eigenvalue weighted by Gasteiger charge is 2.36. The molecular formula is C16H21NO4. The monoisotopic (exact) mass is 291 g/mol. The lowest BCUT2D eigenvalue weighted by Gasteiger charge is -2.40. The molecule has 1 aromatic rings. The molecule has 1 aromatic carbocycles. The third-order valence-corrected chi connectivity index (χ3v) is 4.22. The van der Waals surface area contributed by atoms with Gasteiger partial charge in [-0.15, -0.1) is 0 Å². The highest BCUT2D eigenvalue weighted by Crippen LogP contribution is 2.41. The van der Waals surface area contributed by atoms with Crippen LogP contribution in [-0.4, -0.2) is 48.1 Å². The van der Waals surface area contributed by atoms with Crippen LogP contribution in [0.15, 0.2) is 18.2 Å². The summed E-state index contributed by atoms with van der Waals surface area (Å²) < 4.78 is 11.4. The van der Waals surface area contributed by atoms with E-state index in [0.29, 0.717) is 56.4 Å². The summed E-state index contributed by atoms with van der Waals surface area (Å²) in [7, 11) is 0. The van der Waals surface area contributed by atoms with E-state index in [-0.39, 0.29) is 6.04 Å². The summed E-state index contributed by atoms with van der Waals surface area (Å²) in [5, 5.41) is 10.7. The first-order valence-corrected chi connectivity index (χ1v) is 7.53. The molecule has 2 atom stereocenters. The molecule has 0 bridgehead atoms. The Morgan fingerprint density at radius 1 is 1.38 bits per heavy atom. The van der Waals surface area contributed by atoms with E-state index >= 15 is 0 Å². The van der Waals surface area contributed by atoms with Gasteiger partial charge in [-0.3, -0.25) is 9.69 Å². The first-order chi connectivity index (χ1) is 10.2. The van der Waals surface area contributed by atoms with Gasteiger partial charge in [0.1, 0.15) is 18.5 Å². The van der Waals surface area contributed by atoms with Crippen LogP contribution in [0.5, 0.6) is 11.5 Å². The number of piperidine rings is 1. The minimum Gasteiger partial charge on any atom is -0.490 e. The Bertz CT molecular complexity index is 521. The van der Waals surface area contributed by atoms with Gasteiger partial charge < -0.3 is 14.6 Å². The van der Waals surface area contributed by atoms with Gasteiger partial charge in [-0.2, -0.15) is 0 Å². The number of carbonyl (C=O) groups is 1. The van der Waals surface area contributed by atoms with E-state index in [1.807, 2.05) is 25.1 Å². The van der Waals surface area contributed by atoms with Crippen LogP contribution < -0.4 is 9.47 Å². The molecule has 0 aliphatic carbocycles. The third kappa shape index (κ3) is 2.76. The standard InChI is InChI=1S/C16H21NO4/c1-2-20-14-5-3-4-12-15(19)13(10-21-16(12)14)17-8-6-11(18)7-9-17/h3-5,13,15,19H,2,6-10H2,1H3. The van der Waals surface area contributed by atoms with Crippen molar-refractivity contribution < 1.29 is 19.4 Å². The Balaban J connectivity index is 1.80. The van der Waals surface area contributed by atoms with Gasteiger partial charge in [-0.1, -0.05) is 12.1 Å². The number of nitrogens with zero attached hydrogens (tertiary/aromatic N) is 1. The molecule has 1 N–H and O–H groups in total. The predicted octanol–water partition coefficient (Wildman–Crippen LogP) is 1.54. The molecule has 5 nitrogen and oxygen atoms in total. The van der Waals surface area contributed by atoms with Crippen LogP contribution in [0.2, 0.25) is 0 Å². The highest BCUT2D eigenvalue weighted by molar-refractivity contribution is 5.79. The van der Waals surface area contributed by atoms with Crippen LogP contribution in [0.3, 0.4) is 0 Å². The summed E-state index contributed by atoms with van der Waals surface area (Å²) in [6.45, 7) is 4.31. The minimum absolute atomic E-state index is 0.0949. The second kappa shape index (κ2) is 6.03. The van der Waals surface area contributed by atoms with Gasteiger partial charge in [-0.25, -0.2) is 0 Å². The number of rotatable bonds is 3. The van der Waals surface area contributed by atoms with Crippen LogP contribution in [-0.2, 0) is 4.79 Å². The van der Waals surface area contributed by atoms with Crippen molar-refractivity contribution in [1.29, 1.82) is 0 Å². The molecule has 5 heteroatoms. The quantitative estimate of drug-likeness (QED) is 0.915. The van der Waals surface area contributed by atoms with Gasteiger partial charge in [-0.05, 0) is 13.0 Å². The molecule has 2 aliphatic rings. The summed E-state index contributed by atoms with van der Waals surface area (Å²) in [4.78, 5) is 13.5. The van der Waals surface area contributed by atoms with E-state index in [9.17, 15) is 9.90 Å². The van der Waals surface area contributed by atoms with Gasteiger partial charge >= 0.3 is 0 Å². The molecule has 2 heterocycles. The Morgan fingerprint density at radius 2 is 2.14 bits per heavy atom. The van der Waals surface area contributed by atoms with Crippen LogP contribution in [0, 0.1) is 0 Å². The van der Waals surface area contributed by atoms with Crippen molar-refractivity contribution in [3.63, 3.8) is 0 Å². The van der Waals surface area contributed by atoms with Crippen molar-refractivity contribution in [2.24, 2.45) is 0 Å². The van der Waals surface area contributed by atoms with Crippen LogP contribution >= 0.6 is 0 Å². The van der Waals surface area contributed by atoms with Gasteiger partial charge in [0, 0.05) is 31.5 Å². The Kier molecular flexibility index (Phi) is 4.12. The number of ketones is 1. The number of hydrogen-bond acceptors (Lipinski definition) is 5. The Labute approximate surface area is 124 Å². The first kappa shape index (κ1) is 14.4. The fourth-order valence-electron chi connectivity index (χ4n) is 3.07. The van der Waals surface area contributed by atoms with Crippen molar-refractivity contribution >= 4 is 5.78 Å². The maximum atomic E-state index is 11.4. The maximum absolute atomic E-state index is 11.4. The number of aliphatic hydroxyl groups excluding tert-OH is 1. The fourth-order valence-corrected chi connectivity index (χ4v) is 3.07. The zero-order valence-electron chi connectivity index (χ0n) is 12.2. The number of aliphatic hydroxyl groups is 1. The lowest BCUT2D eigenvalue weighted by Crippen LogP contribution is -2.49. The molecular weight excluding hydrogens is 270 g/mol. The van der Waals surface area contributed by atoms with E-state index in [4.69, 9.17) is 9.47 Å². The molecule has 0 aromatic heterocycles. The van der Waals surface area contributed by atoms with E-state index in [1.54, 1.807) is 0 Å². The summed E-state index contributed by atoms with van der Waals surface area (Å²) in [5.41, 5.74) is 0.772. The molecule has 2 unspecified atom stereocenters. The number of likely N-dealkylation sites (tertiary alicyclic amines) is 1. The SMILES string of the molecule is CCOc1cccc2c1OCC(N1CCC(=O)CC1)C2O. The fraction of sp³-hybridized carbons (Fsp3) is 0.562. The number of hydrogen-bond donors (Lipinski definition) is 1. The molecule has 2 aliphatic heterocycles. The summed E-state index contributed by atoms with van der Waals surface area (Å²) in [5.74, 6) is 1.63. The van der Waals surface area contributed by atoms with E-state index in [1.165, 1.54) is 0 Å². The number of para-hydroxylation sites is 1. The van der Waals surface area contributed by atoms with Crippen LogP contribution in [0.25, 0.3) is 0 Å². The molecule has 3 rings (SSSR count). The van der Waals surface area contributed by atoms with Crippen molar-refractivity contribution in [2.45, 2.75) is 31.9 Å². The lowest BCUT2D eigenvalue weighted by atomic mass is 9.95. The topological polar surface area (TPSA) is 59.0 Å².